The summed E-state index contributed by atoms with van der Waals surface area (Å²) in [5.74, 6) is 0.354. The molecule has 16 heavy (non-hydrogen) atoms. The number of hydrogen-bond acceptors (Lipinski definition) is 1. The molecule has 80 valence electrons. The standard InChI is InChI=1S/C15H15N/c1-10(16)15-13-8-4-2-6-11(13)12-7-3-5-9-14(12)15/h2-10,15H,16H2,1H3. The van der Waals surface area contributed by atoms with Crippen molar-refractivity contribution in [3.8, 4) is 11.1 Å². The summed E-state index contributed by atoms with van der Waals surface area (Å²) < 4.78 is 0. The Morgan fingerprint density at radius 1 is 0.875 bits per heavy atom. The maximum absolute atomic E-state index is 6.13. The zero-order valence-corrected chi connectivity index (χ0v) is 9.35. The molecule has 0 aromatic heterocycles. The Kier molecular flexibility index (Phi) is 2.08. The monoisotopic (exact) mass is 209 g/mol. The first kappa shape index (κ1) is 9.61. The quantitative estimate of drug-likeness (QED) is 0.767. The minimum Gasteiger partial charge on any atom is -0.327 e. The van der Waals surface area contributed by atoms with Gasteiger partial charge in [0.05, 0.1) is 0 Å². The fraction of sp³-hybridized carbons (Fsp3) is 0.200. The summed E-state index contributed by atoms with van der Waals surface area (Å²) in [6, 6.07) is 17.3. The summed E-state index contributed by atoms with van der Waals surface area (Å²) in [7, 11) is 0. The van der Waals surface area contributed by atoms with Crippen LogP contribution in [0.4, 0.5) is 0 Å². The third-order valence-corrected chi connectivity index (χ3v) is 3.41. The van der Waals surface area contributed by atoms with E-state index in [1.807, 2.05) is 0 Å². The van der Waals surface area contributed by atoms with Crippen molar-refractivity contribution in [1.29, 1.82) is 0 Å². The minimum atomic E-state index is 0.157. The number of benzene rings is 2. The molecule has 0 amide bonds. The van der Waals surface area contributed by atoms with E-state index in [1.165, 1.54) is 22.3 Å². The summed E-state index contributed by atoms with van der Waals surface area (Å²) in [6.45, 7) is 2.09. The molecule has 0 saturated heterocycles. The Labute approximate surface area is 95.9 Å². The molecule has 0 aliphatic heterocycles. The molecule has 3 rings (SSSR count). The van der Waals surface area contributed by atoms with Gasteiger partial charge < -0.3 is 5.73 Å². The van der Waals surface area contributed by atoms with E-state index in [9.17, 15) is 0 Å². The van der Waals surface area contributed by atoms with E-state index in [0.717, 1.165) is 0 Å². The van der Waals surface area contributed by atoms with Crippen molar-refractivity contribution in [1.82, 2.24) is 0 Å². The zero-order valence-electron chi connectivity index (χ0n) is 9.35. The van der Waals surface area contributed by atoms with E-state index >= 15 is 0 Å². The maximum Gasteiger partial charge on any atom is 0.0250 e. The van der Waals surface area contributed by atoms with Gasteiger partial charge in [0.15, 0.2) is 0 Å². The van der Waals surface area contributed by atoms with Crippen LogP contribution < -0.4 is 5.73 Å². The van der Waals surface area contributed by atoms with Gasteiger partial charge in [-0.05, 0) is 29.2 Å². The molecule has 1 aliphatic rings. The Morgan fingerprint density at radius 2 is 1.31 bits per heavy atom. The van der Waals surface area contributed by atoms with Gasteiger partial charge in [-0.15, -0.1) is 0 Å². The largest absolute Gasteiger partial charge is 0.327 e. The van der Waals surface area contributed by atoms with E-state index in [1.54, 1.807) is 0 Å². The van der Waals surface area contributed by atoms with E-state index in [2.05, 4.69) is 55.5 Å². The second kappa shape index (κ2) is 3.46. The van der Waals surface area contributed by atoms with Gasteiger partial charge in [-0.25, -0.2) is 0 Å². The van der Waals surface area contributed by atoms with Crippen LogP contribution in [-0.4, -0.2) is 6.04 Å². The van der Waals surface area contributed by atoms with Crippen molar-refractivity contribution in [2.45, 2.75) is 18.9 Å². The van der Waals surface area contributed by atoms with Gasteiger partial charge in [0.25, 0.3) is 0 Å². The molecular weight excluding hydrogens is 194 g/mol. The molecule has 1 heteroatoms. The summed E-state index contributed by atoms with van der Waals surface area (Å²) in [4.78, 5) is 0. The van der Waals surface area contributed by atoms with Crippen LogP contribution in [0.1, 0.15) is 24.0 Å². The molecule has 1 atom stereocenters. The van der Waals surface area contributed by atoms with E-state index in [4.69, 9.17) is 5.73 Å². The molecule has 2 N–H and O–H groups in total. The summed E-state index contributed by atoms with van der Waals surface area (Å²) in [6.07, 6.45) is 0. The number of fused-ring (bicyclic) bond motifs is 3. The third-order valence-electron chi connectivity index (χ3n) is 3.41. The molecule has 2 aromatic carbocycles. The van der Waals surface area contributed by atoms with Gasteiger partial charge in [0.1, 0.15) is 0 Å². The molecule has 2 aromatic rings. The van der Waals surface area contributed by atoms with Gasteiger partial charge in [-0.1, -0.05) is 48.5 Å². The maximum atomic E-state index is 6.13. The number of rotatable bonds is 1. The zero-order chi connectivity index (χ0) is 11.1. The molecule has 0 saturated carbocycles. The van der Waals surface area contributed by atoms with Crippen LogP contribution in [-0.2, 0) is 0 Å². The van der Waals surface area contributed by atoms with E-state index in [-0.39, 0.29) is 6.04 Å². The smallest absolute Gasteiger partial charge is 0.0250 e. The average Bonchev–Trinajstić information content (AvgIpc) is 2.63. The highest BCUT2D eigenvalue weighted by molar-refractivity contribution is 5.79. The molecule has 0 radical (unpaired) electrons. The Hall–Kier alpha value is -1.60. The van der Waals surface area contributed by atoms with Crippen molar-refractivity contribution in [2.75, 3.05) is 0 Å². The van der Waals surface area contributed by atoms with Crippen LogP contribution in [0.15, 0.2) is 48.5 Å². The van der Waals surface area contributed by atoms with Gasteiger partial charge in [0, 0.05) is 12.0 Å². The minimum absolute atomic E-state index is 0.157. The van der Waals surface area contributed by atoms with Crippen LogP contribution in [0, 0.1) is 0 Å². The molecular formula is C15H15N. The number of nitrogens with two attached hydrogens (primary N) is 1. The lowest BCUT2D eigenvalue weighted by molar-refractivity contribution is 0.656. The van der Waals surface area contributed by atoms with Gasteiger partial charge in [-0.2, -0.15) is 0 Å². The molecule has 1 nitrogen and oxygen atoms in total. The van der Waals surface area contributed by atoms with Crippen LogP contribution in [0.25, 0.3) is 11.1 Å². The summed E-state index contributed by atoms with van der Waals surface area (Å²) in [5.41, 5.74) is 11.6. The fourth-order valence-corrected chi connectivity index (χ4v) is 2.76. The van der Waals surface area contributed by atoms with Crippen molar-refractivity contribution in [3.05, 3.63) is 59.7 Å². The predicted octanol–water partition coefficient (Wildman–Crippen LogP) is 3.15. The predicted molar refractivity (Wildman–Crippen MR) is 67.4 cm³/mol. The highest BCUT2D eigenvalue weighted by atomic mass is 14.6. The van der Waals surface area contributed by atoms with Crippen LogP contribution in [0.2, 0.25) is 0 Å². The van der Waals surface area contributed by atoms with E-state index < -0.39 is 0 Å². The van der Waals surface area contributed by atoms with Crippen molar-refractivity contribution in [3.63, 3.8) is 0 Å². The molecule has 1 unspecified atom stereocenters. The molecule has 0 bridgehead atoms. The Bertz CT molecular complexity index is 483. The Morgan fingerprint density at radius 3 is 1.75 bits per heavy atom. The van der Waals surface area contributed by atoms with Crippen LogP contribution in [0.5, 0.6) is 0 Å². The molecule has 0 fully saturated rings. The fourth-order valence-electron chi connectivity index (χ4n) is 2.76. The van der Waals surface area contributed by atoms with Gasteiger partial charge in [-0.3, -0.25) is 0 Å². The van der Waals surface area contributed by atoms with Gasteiger partial charge in [0.2, 0.25) is 0 Å². The second-order valence-corrected chi connectivity index (χ2v) is 4.51. The first-order valence-corrected chi connectivity index (χ1v) is 5.73. The summed E-state index contributed by atoms with van der Waals surface area (Å²) in [5, 5.41) is 0. The highest BCUT2D eigenvalue weighted by Crippen LogP contribution is 2.45. The highest BCUT2D eigenvalue weighted by Gasteiger charge is 2.29. The average molecular weight is 209 g/mol. The van der Waals surface area contributed by atoms with Crippen molar-refractivity contribution >= 4 is 0 Å². The van der Waals surface area contributed by atoms with Crippen molar-refractivity contribution < 1.29 is 0 Å². The second-order valence-electron chi connectivity index (χ2n) is 4.51. The molecule has 1 aliphatic carbocycles. The first-order chi connectivity index (χ1) is 7.79. The number of hydrogen-bond donors (Lipinski definition) is 1. The molecule has 0 heterocycles. The first-order valence-electron chi connectivity index (χ1n) is 5.73. The lowest BCUT2D eigenvalue weighted by Crippen LogP contribution is -2.24. The topological polar surface area (TPSA) is 26.0 Å². The molecule has 0 spiro atoms. The van der Waals surface area contributed by atoms with E-state index in [0.29, 0.717) is 5.92 Å². The third kappa shape index (κ3) is 1.22. The van der Waals surface area contributed by atoms with Crippen LogP contribution >= 0.6 is 0 Å². The van der Waals surface area contributed by atoms with Gasteiger partial charge >= 0.3 is 0 Å². The summed E-state index contributed by atoms with van der Waals surface area (Å²) >= 11 is 0. The lowest BCUT2D eigenvalue weighted by atomic mass is 9.91. The van der Waals surface area contributed by atoms with Crippen molar-refractivity contribution in [2.24, 2.45) is 5.73 Å². The SMILES string of the molecule is CC(N)C1c2ccccc2-c2ccccc21. The normalized spacial score (nSPS) is 15.6. The Balaban J connectivity index is 2.30. The lowest BCUT2D eigenvalue weighted by Gasteiger charge is -2.17. The van der Waals surface area contributed by atoms with Crippen LogP contribution in [0.3, 0.4) is 0 Å².